The van der Waals surface area contributed by atoms with Crippen LogP contribution >= 0.6 is 0 Å². The number of rotatable bonds is 2. The van der Waals surface area contributed by atoms with Gasteiger partial charge in [-0.05, 0) is 45.4 Å². The Hall–Kier alpha value is -0.905. The Labute approximate surface area is 108 Å². The van der Waals surface area contributed by atoms with E-state index in [0.29, 0.717) is 0 Å². The van der Waals surface area contributed by atoms with E-state index in [-0.39, 0.29) is 5.82 Å². The van der Waals surface area contributed by atoms with Crippen LogP contribution in [0.5, 0.6) is 0 Å². The maximum atomic E-state index is 12.9. The Bertz CT molecular complexity index is 417. The van der Waals surface area contributed by atoms with Gasteiger partial charge >= 0.3 is 7.12 Å². The fraction of sp³-hybridized carbons (Fsp3) is 0.538. The third-order valence-electron chi connectivity index (χ3n) is 3.82. The quantitative estimate of drug-likeness (QED) is 0.821. The molecule has 0 aromatic heterocycles. The molecule has 5 heteroatoms. The van der Waals surface area contributed by atoms with Gasteiger partial charge in [0, 0.05) is 0 Å². The molecule has 1 aromatic rings. The number of hydrogen-bond acceptors (Lipinski definition) is 3. The average Bonchev–Trinajstić information content (AvgIpc) is 2.48. The van der Waals surface area contributed by atoms with E-state index >= 15 is 0 Å². The number of hydrogen-bond donors (Lipinski definition) is 1. The average molecular weight is 251 g/mol. The zero-order chi connectivity index (χ0) is 13.6. The van der Waals surface area contributed by atoms with Gasteiger partial charge in [0.2, 0.25) is 0 Å². The smallest absolute Gasteiger partial charge is 0.402 e. The van der Waals surface area contributed by atoms with E-state index in [1.165, 1.54) is 12.1 Å². The summed E-state index contributed by atoms with van der Waals surface area (Å²) < 4.78 is 24.6. The maximum Gasteiger partial charge on any atom is 0.480 e. The minimum atomic E-state index is -0.513. The highest BCUT2D eigenvalue weighted by Gasteiger charge is 2.53. The number of halogens is 1. The van der Waals surface area contributed by atoms with Crippen molar-refractivity contribution in [1.29, 1.82) is 0 Å². The minimum absolute atomic E-state index is 0.278. The Morgan fingerprint density at radius 3 is 1.94 bits per heavy atom. The van der Waals surface area contributed by atoms with Crippen molar-refractivity contribution in [3.8, 4) is 0 Å². The molecule has 3 nitrogen and oxygen atoms in total. The summed E-state index contributed by atoms with van der Waals surface area (Å²) in [6.45, 7) is 7.91. The van der Waals surface area contributed by atoms with Gasteiger partial charge < -0.3 is 15.0 Å². The summed E-state index contributed by atoms with van der Waals surface area (Å²) in [6.07, 6.45) is 0. The summed E-state index contributed by atoms with van der Waals surface area (Å²) in [5, 5.41) is 0. The molecule has 0 radical (unpaired) electrons. The molecule has 2 rings (SSSR count). The van der Waals surface area contributed by atoms with Crippen LogP contribution in [0.2, 0.25) is 0 Å². The van der Waals surface area contributed by atoms with Gasteiger partial charge in [-0.25, -0.2) is 4.39 Å². The zero-order valence-electron chi connectivity index (χ0n) is 11.2. The second kappa shape index (κ2) is 4.33. The summed E-state index contributed by atoms with van der Waals surface area (Å²) in [4.78, 5) is 0. The van der Waals surface area contributed by atoms with Gasteiger partial charge in [0.15, 0.2) is 0 Å². The predicted octanol–water partition coefficient (Wildman–Crippen LogP) is 2.46. The van der Waals surface area contributed by atoms with Gasteiger partial charge in [0.1, 0.15) is 5.82 Å². The summed E-state index contributed by atoms with van der Waals surface area (Å²) in [5.41, 5.74) is 6.11. The summed E-state index contributed by atoms with van der Waals surface area (Å²) in [6, 6.07) is 6.09. The first-order chi connectivity index (χ1) is 8.23. The molecule has 1 atom stereocenters. The fourth-order valence-electron chi connectivity index (χ4n) is 1.88. The third kappa shape index (κ3) is 2.30. The molecule has 1 fully saturated rings. The molecule has 1 aliphatic heterocycles. The normalized spacial score (nSPS) is 23.1. The molecule has 0 bridgehead atoms. The highest BCUT2D eigenvalue weighted by molar-refractivity contribution is 6.47. The van der Waals surface area contributed by atoms with Crippen molar-refractivity contribution >= 4 is 7.12 Å². The van der Waals surface area contributed by atoms with Crippen molar-refractivity contribution in [1.82, 2.24) is 0 Å². The van der Waals surface area contributed by atoms with E-state index in [1.807, 2.05) is 27.7 Å². The maximum absolute atomic E-state index is 12.9. The van der Waals surface area contributed by atoms with E-state index in [1.54, 1.807) is 12.1 Å². The lowest BCUT2D eigenvalue weighted by Gasteiger charge is -2.32. The van der Waals surface area contributed by atoms with Crippen LogP contribution in [0.4, 0.5) is 4.39 Å². The molecular formula is C13H19BFNO2. The molecule has 0 aliphatic carbocycles. The Kier molecular flexibility index (Phi) is 3.26. The predicted molar refractivity (Wildman–Crippen MR) is 69.4 cm³/mol. The van der Waals surface area contributed by atoms with Crippen molar-refractivity contribution in [2.24, 2.45) is 5.73 Å². The van der Waals surface area contributed by atoms with Crippen LogP contribution in [-0.4, -0.2) is 18.3 Å². The van der Waals surface area contributed by atoms with Gasteiger partial charge in [0.05, 0.1) is 17.1 Å². The Balaban J connectivity index is 2.17. The standard InChI is InChI=1S/C13H19BFNO2/c1-12(2)13(3,4)18-14(17-12)11(16)9-5-7-10(15)8-6-9/h5-8,11H,16H2,1-4H3. The van der Waals surface area contributed by atoms with Crippen LogP contribution in [-0.2, 0) is 9.31 Å². The second-order valence-corrected chi connectivity index (χ2v) is 5.70. The van der Waals surface area contributed by atoms with E-state index < -0.39 is 24.3 Å². The monoisotopic (exact) mass is 251 g/mol. The summed E-state index contributed by atoms with van der Waals surface area (Å²) >= 11 is 0. The lowest BCUT2D eigenvalue weighted by atomic mass is 9.75. The SMILES string of the molecule is CC1(C)OB(C(N)c2ccc(F)cc2)OC1(C)C. The van der Waals surface area contributed by atoms with E-state index in [2.05, 4.69) is 0 Å². The number of benzene rings is 1. The number of nitrogens with two attached hydrogens (primary N) is 1. The van der Waals surface area contributed by atoms with Crippen molar-refractivity contribution in [2.75, 3.05) is 0 Å². The van der Waals surface area contributed by atoms with E-state index in [4.69, 9.17) is 15.0 Å². The first-order valence-corrected chi connectivity index (χ1v) is 6.10. The molecule has 1 heterocycles. The van der Waals surface area contributed by atoms with Gasteiger partial charge in [-0.3, -0.25) is 0 Å². The lowest BCUT2D eigenvalue weighted by Crippen LogP contribution is -2.41. The largest absolute Gasteiger partial charge is 0.480 e. The van der Waals surface area contributed by atoms with Crippen molar-refractivity contribution in [3.05, 3.63) is 35.6 Å². The molecule has 2 N–H and O–H groups in total. The van der Waals surface area contributed by atoms with E-state index in [0.717, 1.165) is 5.56 Å². The molecule has 0 amide bonds. The van der Waals surface area contributed by atoms with Crippen LogP contribution in [0, 0.1) is 5.82 Å². The molecule has 1 unspecified atom stereocenters. The van der Waals surface area contributed by atoms with Crippen LogP contribution in [0.1, 0.15) is 39.2 Å². The molecular weight excluding hydrogens is 232 g/mol. The fourth-order valence-corrected chi connectivity index (χ4v) is 1.88. The van der Waals surface area contributed by atoms with Crippen molar-refractivity contribution in [3.63, 3.8) is 0 Å². The van der Waals surface area contributed by atoms with Crippen molar-refractivity contribution in [2.45, 2.75) is 44.8 Å². The second-order valence-electron chi connectivity index (χ2n) is 5.70. The van der Waals surface area contributed by atoms with Gasteiger partial charge in [0.25, 0.3) is 0 Å². The summed E-state index contributed by atoms with van der Waals surface area (Å²) in [5.74, 6) is -0.702. The summed E-state index contributed by atoms with van der Waals surface area (Å²) in [7, 11) is -0.513. The Morgan fingerprint density at radius 2 is 1.50 bits per heavy atom. The molecule has 0 saturated carbocycles. The molecule has 18 heavy (non-hydrogen) atoms. The first kappa shape index (κ1) is 13.5. The molecule has 1 aromatic carbocycles. The molecule has 1 aliphatic rings. The van der Waals surface area contributed by atoms with Gasteiger partial charge in [-0.15, -0.1) is 0 Å². The van der Waals surface area contributed by atoms with Crippen molar-refractivity contribution < 1.29 is 13.7 Å². The van der Waals surface area contributed by atoms with Crippen LogP contribution in [0.15, 0.2) is 24.3 Å². The van der Waals surface area contributed by atoms with Crippen LogP contribution in [0.25, 0.3) is 0 Å². The topological polar surface area (TPSA) is 44.5 Å². The van der Waals surface area contributed by atoms with Gasteiger partial charge in [-0.2, -0.15) is 0 Å². The Morgan fingerprint density at radius 1 is 1.06 bits per heavy atom. The highest BCUT2D eigenvalue weighted by Crippen LogP contribution is 2.39. The minimum Gasteiger partial charge on any atom is -0.402 e. The van der Waals surface area contributed by atoms with Gasteiger partial charge in [-0.1, -0.05) is 12.1 Å². The third-order valence-corrected chi connectivity index (χ3v) is 3.82. The lowest BCUT2D eigenvalue weighted by molar-refractivity contribution is 0.00578. The van der Waals surface area contributed by atoms with Crippen LogP contribution < -0.4 is 5.73 Å². The van der Waals surface area contributed by atoms with Crippen LogP contribution in [0.3, 0.4) is 0 Å². The molecule has 1 saturated heterocycles. The molecule has 98 valence electrons. The molecule has 0 spiro atoms. The zero-order valence-corrected chi connectivity index (χ0v) is 11.2. The first-order valence-electron chi connectivity index (χ1n) is 6.10. The van der Waals surface area contributed by atoms with E-state index in [9.17, 15) is 4.39 Å². The highest BCUT2D eigenvalue weighted by atomic mass is 19.1.